The van der Waals surface area contributed by atoms with Crippen LogP contribution in [0.2, 0.25) is 0 Å². The fourth-order valence-electron chi connectivity index (χ4n) is 1.24. The minimum absolute atomic E-state index is 0.218. The molecule has 0 aromatic heterocycles. The molecular weight excluding hydrogens is 196 g/mol. The third-order valence-corrected chi connectivity index (χ3v) is 3.71. The summed E-state index contributed by atoms with van der Waals surface area (Å²) in [7, 11) is 0. The van der Waals surface area contributed by atoms with E-state index in [0.29, 0.717) is 0 Å². The fourth-order valence-corrected chi connectivity index (χ4v) is 1.24. The van der Waals surface area contributed by atoms with Crippen LogP contribution in [-0.2, 0) is 0 Å². The number of hydrogen-bond donors (Lipinski definition) is 2. The Bertz CT molecular complexity index is 348. The third kappa shape index (κ3) is 2.91. The molecule has 90 valence electrons. The first kappa shape index (κ1) is 12.9. The van der Waals surface area contributed by atoms with E-state index < -0.39 is 0 Å². The monoisotopic (exact) mass is 220 g/mol. The summed E-state index contributed by atoms with van der Waals surface area (Å²) in [6.45, 7) is 12.3. The van der Waals surface area contributed by atoms with E-state index in [9.17, 15) is 0 Å². The molecule has 0 aliphatic carbocycles. The molecule has 0 saturated carbocycles. The number of nitrogen functional groups attached to an aromatic ring is 1. The molecule has 1 aromatic rings. The average molecular weight is 220 g/mol. The van der Waals surface area contributed by atoms with Gasteiger partial charge in [-0.05, 0) is 23.0 Å². The molecule has 1 aromatic carbocycles. The standard InChI is InChI=1S/C14H24N2/c1-13(2,3)14(4,5)10-16-12-9-7-6-8-11(12)15/h6-9,16H,10,15H2,1-5H3. The van der Waals surface area contributed by atoms with Crippen molar-refractivity contribution in [3.05, 3.63) is 24.3 Å². The Labute approximate surface area is 99.2 Å². The lowest BCUT2D eigenvalue weighted by Gasteiger charge is -2.39. The highest BCUT2D eigenvalue weighted by Crippen LogP contribution is 2.38. The first-order chi connectivity index (χ1) is 7.24. The van der Waals surface area contributed by atoms with Crippen LogP contribution < -0.4 is 11.1 Å². The molecule has 2 nitrogen and oxygen atoms in total. The van der Waals surface area contributed by atoms with Gasteiger partial charge in [-0.2, -0.15) is 0 Å². The van der Waals surface area contributed by atoms with Crippen LogP contribution in [0.15, 0.2) is 24.3 Å². The van der Waals surface area contributed by atoms with E-state index in [4.69, 9.17) is 5.73 Å². The fraction of sp³-hybridized carbons (Fsp3) is 0.571. The van der Waals surface area contributed by atoms with Gasteiger partial charge in [0.25, 0.3) is 0 Å². The second-order valence-electron chi connectivity index (χ2n) is 6.07. The summed E-state index contributed by atoms with van der Waals surface area (Å²) in [5.74, 6) is 0. The SMILES string of the molecule is CC(C)(C)C(C)(C)CNc1ccccc1N. The van der Waals surface area contributed by atoms with Gasteiger partial charge in [0, 0.05) is 6.54 Å². The first-order valence-corrected chi connectivity index (χ1v) is 5.82. The molecule has 0 aliphatic heterocycles. The lowest BCUT2D eigenvalue weighted by Crippen LogP contribution is -2.36. The molecular formula is C14H24N2. The van der Waals surface area contributed by atoms with Gasteiger partial charge in [-0.25, -0.2) is 0 Å². The number of rotatable bonds is 3. The molecule has 0 heterocycles. The number of para-hydroxylation sites is 2. The van der Waals surface area contributed by atoms with Crippen LogP contribution in [0.25, 0.3) is 0 Å². The zero-order valence-corrected chi connectivity index (χ0v) is 11.1. The van der Waals surface area contributed by atoms with Gasteiger partial charge in [-0.1, -0.05) is 46.8 Å². The molecule has 0 bridgehead atoms. The van der Waals surface area contributed by atoms with E-state index in [1.807, 2.05) is 24.3 Å². The Morgan fingerprint density at radius 2 is 1.62 bits per heavy atom. The second-order valence-corrected chi connectivity index (χ2v) is 6.07. The van der Waals surface area contributed by atoms with E-state index in [1.165, 1.54) is 0 Å². The van der Waals surface area contributed by atoms with Crippen molar-refractivity contribution in [1.82, 2.24) is 0 Å². The van der Waals surface area contributed by atoms with Crippen LogP contribution in [0.3, 0.4) is 0 Å². The largest absolute Gasteiger partial charge is 0.397 e. The van der Waals surface area contributed by atoms with E-state index >= 15 is 0 Å². The van der Waals surface area contributed by atoms with Gasteiger partial charge in [0.15, 0.2) is 0 Å². The Morgan fingerprint density at radius 1 is 1.06 bits per heavy atom. The van der Waals surface area contributed by atoms with Gasteiger partial charge in [-0.15, -0.1) is 0 Å². The summed E-state index contributed by atoms with van der Waals surface area (Å²) in [6, 6.07) is 7.90. The van der Waals surface area contributed by atoms with E-state index in [-0.39, 0.29) is 10.8 Å². The molecule has 0 radical (unpaired) electrons. The number of anilines is 2. The number of benzene rings is 1. The summed E-state index contributed by atoms with van der Waals surface area (Å²) in [5, 5.41) is 3.43. The summed E-state index contributed by atoms with van der Waals surface area (Å²) >= 11 is 0. The Balaban J connectivity index is 2.69. The van der Waals surface area contributed by atoms with Gasteiger partial charge in [0.2, 0.25) is 0 Å². The topological polar surface area (TPSA) is 38.0 Å². The maximum absolute atomic E-state index is 5.90. The van der Waals surface area contributed by atoms with Crippen LogP contribution >= 0.6 is 0 Å². The molecule has 0 atom stereocenters. The van der Waals surface area contributed by atoms with Gasteiger partial charge < -0.3 is 11.1 Å². The summed E-state index contributed by atoms with van der Waals surface area (Å²) in [4.78, 5) is 0. The molecule has 1 rings (SSSR count). The highest BCUT2D eigenvalue weighted by atomic mass is 14.9. The van der Waals surface area contributed by atoms with Gasteiger partial charge in [0.05, 0.1) is 11.4 Å². The van der Waals surface area contributed by atoms with Crippen molar-refractivity contribution >= 4 is 11.4 Å². The minimum Gasteiger partial charge on any atom is -0.397 e. The number of nitrogens with two attached hydrogens (primary N) is 1. The second kappa shape index (κ2) is 4.36. The molecule has 0 fully saturated rings. The van der Waals surface area contributed by atoms with Gasteiger partial charge >= 0.3 is 0 Å². The molecule has 2 heteroatoms. The summed E-state index contributed by atoms with van der Waals surface area (Å²) in [5.41, 5.74) is 8.22. The third-order valence-electron chi connectivity index (χ3n) is 3.71. The van der Waals surface area contributed by atoms with Crippen LogP contribution in [0, 0.1) is 10.8 Å². The lowest BCUT2D eigenvalue weighted by molar-refractivity contribution is 0.148. The molecule has 0 aliphatic rings. The predicted molar refractivity (Wildman–Crippen MR) is 72.6 cm³/mol. The Hall–Kier alpha value is -1.18. The average Bonchev–Trinajstić information content (AvgIpc) is 2.15. The smallest absolute Gasteiger partial charge is 0.0574 e. The van der Waals surface area contributed by atoms with Crippen LogP contribution in [0.5, 0.6) is 0 Å². The summed E-state index contributed by atoms with van der Waals surface area (Å²) < 4.78 is 0. The quantitative estimate of drug-likeness (QED) is 0.761. The van der Waals surface area contributed by atoms with E-state index in [2.05, 4.69) is 39.9 Å². The Morgan fingerprint density at radius 3 is 2.12 bits per heavy atom. The van der Waals surface area contributed by atoms with Crippen molar-refractivity contribution in [2.75, 3.05) is 17.6 Å². The van der Waals surface area contributed by atoms with Crippen molar-refractivity contribution in [2.24, 2.45) is 10.8 Å². The maximum atomic E-state index is 5.90. The van der Waals surface area contributed by atoms with Gasteiger partial charge in [0.1, 0.15) is 0 Å². The first-order valence-electron chi connectivity index (χ1n) is 5.82. The van der Waals surface area contributed by atoms with Crippen molar-refractivity contribution in [3.63, 3.8) is 0 Å². The molecule has 0 amide bonds. The highest BCUT2D eigenvalue weighted by Gasteiger charge is 2.32. The maximum Gasteiger partial charge on any atom is 0.0574 e. The van der Waals surface area contributed by atoms with Crippen LogP contribution in [-0.4, -0.2) is 6.54 Å². The molecule has 0 spiro atoms. The lowest BCUT2D eigenvalue weighted by atomic mass is 9.69. The zero-order chi connectivity index (χ0) is 12.4. The normalized spacial score (nSPS) is 12.6. The zero-order valence-electron chi connectivity index (χ0n) is 11.1. The molecule has 16 heavy (non-hydrogen) atoms. The van der Waals surface area contributed by atoms with Crippen molar-refractivity contribution < 1.29 is 0 Å². The van der Waals surface area contributed by atoms with E-state index in [1.54, 1.807) is 0 Å². The van der Waals surface area contributed by atoms with Crippen molar-refractivity contribution in [3.8, 4) is 0 Å². The van der Waals surface area contributed by atoms with Crippen LogP contribution in [0.1, 0.15) is 34.6 Å². The summed E-state index contributed by atoms with van der Waals surface area (Å²) in [6.07, 6.45) is 0. The number of hydrogen-bond acceptors (Lipinski definition) is 2. The highest BCUT2D eigenvalue weighted by molar-refractivity contribution is 5.65. The van der Waals surface area contributed by atoms with E-state index in [0.717, 1.165) is 17.9 Å². The minimum atomic E-state index is 0.218. The van der Waals surface area contributed by atoms with Crippen molar-refractivity contribution in [2.45, 2.75) is 34.6 Å². The van der Waals surface area contributed by atoms with Crippen LogP contribution in [0.4, 0.5) is 11.4 Å². The van der Waals surface area contributed by atoms with Gasteiger partial charge in [-0.3, -0.25) is 0 Å². The predicted octanol–water partition coefficient (Wildman–Crippen LogP) is 3.75. The Kier molecular flexibility index (Phi) is 3.51. The molecule has 0 unspecified atom stereocenters. The molecule has 3 N–H and O–H groups in total. The van der Waals surface area contributed by atoms with Crippen molar-refractivity contribution in [1.29, 1.82) is 0 Å². The molecule has 0 saturated heterocycles. The number of nitrogens with one attached hydrogen (secondary N) is 1.